The number of halogens is 2. The number of esters is 1. The highest BCUT2D eigenvalue weighted by molar-refractivity contribution is 6.41. The Morgan fingerprint density at radius 1 is 1.04 bits per heavy atom. The van der Waals surface area contributed by atoms with Crippen molar-refractivity contribution in [2.75, 3.05) is 27.9 Å². The van der Waals surface area contributed by atoms with Crippen LogP contribution in [0.1, 0.15) is 16.1 Å². The molecule has 0 N–H and O–H groups in total. The van der Waals surface area contributed by atoms with Crippen molar-refractivity contribution in [3.63, 3.8) is 0 Å². The molecule has 0 radical (unpaired) electrons. The smallest absolute Gasteiger partial charge is 0.325 e. The molecule has 0 saturated heterocycles. The Kier molecular flexibility index (Phi) is 6.98. The van der Waals surface area contributed by atoms with Crippen LogP contribution < -0.4 is 9.47 Å². The molecule has 1 heterocycles. The minimum atomic E-state index is -0.551. The van der Waals surface area contributed by atoms with Crippen molar-refractivity contribution in [1.82, 2.24) is 9.47 Å². The maximum atomic E-state index is 13.0. The van der Waals surface area contributed by atoms with E-state index in [1.165, 1.54) is 36.9 Å². The second-order valence-electron chi connectivity index (χ2n) is 5.69. The number of hydrogen-bond acceptors (Lipinski definition) is 5. The largest absolute Gasteiger partial charge is 0.497 e. The van der Waals surface area contributed by atoms with Crippen molar-refractivity contribution in [2.45, 2.75) is 6.54 Å². The van der Waals surface area contributed by atoms with Gasteiger partial charge in [0.05, 0.1) is 26.4 Å². The van der Waals surface area contributed by atoms with Gasteiger partial charge in [0.25, 0.3) is 5.91 Å². The first kappa shape index (κ1) is 20.9. The lowest BCUT2D eigenvalue weighted by atomic mass is 10.1. The predicted molar refractivity (Wildman–Crippen MR) is 102 cm³/mol. The molecular formula is C18H20Cl2N2O5. The predicted octanol–water partition coefficient (Wildman–Crippen LogP) is 3.16. The lowest BCUT2D eigenvalue weighted by molar-refractivity contribution is -0.141. The van der Waals surface area contributed by atoms with Gasteiger partial charge in [0.1, 0.15) is 28.9 Å². The van der Waals surface area contributed by atoms with Crippen molar-refractivity contribution in [2.24, 2.45) is 7.05 Å². The molecule has 146 valence electrons. The van der Waals surface area contributed by atoms with Crippen LogP contribution in [0.4, 0.5) is 0 Å². The Morgan fingerprint density at radius 3 is 2.07 bits per heavy atom. The van der Waals surface area contributed by atoms with E-state index in [1.807, 2.05) is 0 Å². The normalized spacial score (nSPS) is 10.4. The molecule has 0 aliphatic rings. The second-order valence-corrected chi connectivity index (χ2v) is 6.45. The minimum Gasteiger partial charge on any atom is -0.497 e. The lowest BCUT2D eigenvalue weighted by Gasteiger charge is -2.22. The van der Waals surface area contributed by atoms with Crippen molar-refractivity contribution in [3.05, 3.63) is 45.7 Å². The molecule has 7 nitrogen and oxygen atoms in total. The van der Waals surface area contributed by atoms with E-state index in [4.69, 9.17) is 37.4 Å². The zero-order valence-electron chi connectivity index (χ0n) is 15.4. The summed E-state index contributed by atoms with van der Waals surface area (Å²) in [5.74, 6) is 0.169. The number of benzene rings is 1. The molecule has 1 aromatic carbocycles. The summed E-state index contributed by atoms with van der Waals surface area (Å²) in [5.41, 5.74) is 0.971. The Morgan fingerprint density at radius 2 is 1.63 bits per heavy atom. The molecule has 2 rings (SSSR count). The van der Waals surface area contributed by atoms with Crippen LogP contribution in [0.15, 0.2) is 24.3 Å². The monoisotopic (exact) mass is 414 g/mol. The summed E-state index contributed by atoms with van der Waals surface area (Å²) in [7, 11) is 5.94. The maximum Gasteiger partial charge on any atom is 0.325 e. The van der Waals surface area contributed by atoms with Gasteiger partial charge in [0, 0.05) is 19.7 Å². The average molecular weight is 415 g/mol. The first-order chi connectivity index (χ1) is 12.8. The quantitative estimate of drug-likeness (QED) is 0.650. The molecule has 1 amide bonds. The fourth-order valence-electron chi connectivity index (χ4n) is 2.51. The van der Waals surface area contributed by atoms with Gasteiger partial charge in [0.15, 0.2) is 0 Å². The molecule has 1 aromatic heterocycles. The average Bonchev–Trinajstić information content (AvgIpc) is 2.93. The minimum absolute atomic E-state index is 0.127. The number of rotatable bonds is 7. The first-order valence-corrected chi connectivity index (χ1v) is 8.65. The van der Waals surface area contributed by atoms with E-state index in [9.17, 15) is 9.59 Å². The highest BCUT2D eigenvalue weighted by atomic mass is 35.5. The molecule has 27 heavy (non-hydrogen) atoms. The van der Waals surface area contributed by atoms with Gasteiger partial charge in [0.2, 0.25) is 0 Å². The number of ether oxygens (including phenoxy) is 3. The van der Waals surface area contributed by atoms with Gasteiger partial charge >= 0.3 is 5.97 Å². The van der Waals surface area contributed by atoms with Gasteiger partial charge < -0.3 is 23.7 Å². The highest BCUT2D eigenvalue weighted by Gasteiger charge is 2.24. The topological polar surface area (TPSA) is 70.0 Å². The fraction of sp³-hybridized carbons (Fsp3) is 0.333. The van der Waals surface area contributed by atoms with Crippen LogP contribution in [-0.4, -0.2) is 49.2 Å². The first-order valence-electron chi connectivity index (χ1n) is 7.89. The fourth-order valence-corrected chi connectivity index (χ4v) is 2.88. The summed E-state index contributed by atoms with van der Waals surface area (Å²) in [6.07, 6.45) is 0. The summed E-state index contributed by atoms with van der Waals surface area (Å²) in [6.45, 7) is -0.114. The third-order valence-electron chi connectivity index (χ3n) is 3.95. The Bertz CT molecular complexity index is 828. The van der Waals surface area contributed by atoms with E-state index in [2.05, 4.69) is 0 Å². The summed E-state index contributed by atoms with van der Waals surface area (Å²) >= 11 is 12.1. The SMILES string of the molecule is COC(=O)CN(Cc1cc(OC)cc(OC)c1)C(=O)c1cc(Cl)c(Cl)n1C. The molecular weight excluding hydrogens is 395 g/mol. The van der Waals surface area contributed by atoms with Gasteiger partial charge in [-0.3, -0.25) is 9.59 Å². The Hall–Kier alpha value is -2.38. The zero-order valence-corrected chi connectivity index (χ0v) is 16.9. The van der Waals surface area contributed by atoms with Crippen LogP contribution >= 0.6 is 23.2 Å². The lowest BCUT2D eigenvalue weighted by Crippen LogP contribution is -2.36. The Balaban J connectivity index is 2.38. The van der Waals surface area contributed by atoms with Crippen LogP contribution in [0.5, 0.6) is 11.5 Å². The van der Waals surface area contributed by atoms with E-state index < -0.39 is 11.9 Å². The zero-order chi connectivity index (χ0) is 20.1. The van der Waals surface area contributed by atoms with Crippen LogP contribution in [0.25, 0.3) is 0 Å². The maximum absolute atomic E-state index is 13.0. The molecule has 0 fully saturated rings. The standard InChI is InChI=1S/C18H20Cl2N2O5/c1-21-15(8-14(19)17(21)20)18(24)22(10-16(23)27-4)9-11-5-12(25-2)7-13(6-11)26-3/h5-8H,9-10H2,1-4H3. The van der Waals surface area contributed by atoms with Crippen LogP contribution in [0.3, 0.4) is 0 Å². The van der Waals surface area contributed by atoms with Crippen molar-refractivity contribution >= 4 is 35.1 Å². The van der Waals surface area contributed by atoms with Crippen LogP contribution in [0.2, 0.25) is 10.2 Å². The summed E-state index contributed by atoms with van der Waals surface area (Å²) in [5, 5.41) is 0.490. The molecule has 0 unspecified atom stereocenters. The highest BCUT2D eigenvalue weighted by Crippen LogP contribution is 2.27. The van der Waals surface area contributed by atoms with Gasteiger partial charge in [-0.1, -0.05) is 23.2 Å². The van der Waals surface area contributed by atoms with Crippen LogP contribution in [-0.2, 0) is 23.1 Å². The number of carbonyl (C=O) groups is 2. The third kappa shape index (κ3) is 4.87. The van der Waals surface area contributed by atoms with E-state index in [0.29, 0.717) is 11.5 Å². The molecule has 2 aromatic rings. The molecule has 0 bridgehead atoms. The second kappa shape index (κ2) is 9.01. The molecule has 0 aliphatic carbocycles. The molecule has 0 spiro atoms. The summed E-state index contributed by atoms with van der Waals surface area (Å²) < 4.78 is 16.7. The number of methoxy groups -OCH3 is 3. The summed E-state index contributed by atoms with van der Waals surface area (Å²) in [4.78, 5) is 26.2. The van der Waals surface area contributed by atoms with E-state index >= 15 is 0 Å². The number of hydrogen-bond donors (Lipinski definition) is 0. The van der Waals surface area contributed by atoms with Gasteiger partial charge in [-0.15, -0.1) is 0 Å². The number of amides is 1. The molecule has 0 saturated carbocycles. The summed E-state index contributed by atoms with van der Waals surface area (Å²) in [6, 6.07) is 6.69. The van der Waals surface area contributed by atoms with Crippen molar-refractivity contribution in [1.29, 1.82) is 0 Å². The Labute approximate surface area is 167 Å². The number of carbonyl (C=O) groups excluding carboxylic acids is 2. The van der Waals surface area contributed by atoms with E-state index in [0.717, 1.165) is 5.56 Å². The van der Waals surface area contributed by atoms with Crippen molar-refractivity contribution in [3.8, 4) is 11.5 Å². The molecule has 9 heteroatoms. The van der Waals surface area contributed by atoms with Gasteiger partial charge in [-0.05, 0) is 23.8 Å². The van der Waals surface area contributed by atoms with Crippen LogP contribution in [0, 0.1) is 0 Å². The number of aromatic nitrogens is 1. The van der Waals surface area contributed by atoms with Gasteiger partial charge in [-0.25, -0.2) is 0 Å². The number of nitrogens with zero attached hydrogens (tertiary/aromatic N) is 2. The van der Waals surface area contributed by atoms with Crippen molar-refractivity contribution < 1.29 is 23.8 Å². The van der Waals surface area contributed by atoms with E-state index in [-0.39, 0.29) is 29.0 Å². The molecule has 0 atom stereocenters. The van der Waals surface area contributed by atoms with Gasteiger partial charge in [-0.2, -0.15) is 0 Å². The molecule has 0 aliphatic heterocycles. The third-order valence-corrected chi connectivity index (χ3v) is 4.80. The van der Waals surface area contributed by atoms with E-state index in [1.54, 1.807) is 25.2 Å².